The number of fused-ring (bicyclic) bond motifs is 3. The molecular weight excluding hydrogens is 284 g/mol. The molecule has 1 aliphatic rings. The smallest absolute Gasteiger partial charge is 0.232 e. The Hall–Kier alpha value is -2.63. The summed E-state index contributed by atoms with van der Waals surface area (Å²) in [6.45, 7) is 0. The van der Waals surface area contributed by atoms with Crippen molar-refractivity contribution in [3.8, 4) is 0 Å². The van der Waals surface area contributed by atoms with Crippen LogP contribution in [0.1, 0.15) is 35.2 Å². The Labute approximate surface area is 126 Å². The highest BCUT2D eigenvalue weighted by molar-refractivity contribution is 6.24. The fraction of sp³-hybridized carbons (Fsp3) is 0.312. The number of benzene rings is 1. The number of hydrogen-bond donors (Lipinski definition) is 2. The molecule has 1 aromatic heterocycles. The van der Waals surface area contributed by atoms with Crippen molar-refractivity contribution in [2.75, 3.05) is 12.4 Å². The van der Waals surface area contributed by atoms with Crippen LogP contribution in [0.25, 0.3) is 11.0 Å². The van der Waals surface area contributed by atoms with E-state index in [1.807, 2.05) is 0 Å². The van der Waals surface area contributed by atoms with Crippen LogP contribution in [-0.4, -0.2) is 24.6 Å². The number of rotatable bonds is 4. The normalized spacial score (nSPS) is 13.9. The van der Waals surface area contributed by atoms with Gasteiger partial charge in [0.1, 0.15) is 5.58 Å². The third kappa shape index (κ3) is 2.47. The molecule has 2 heterocycles. The highest BCUT2D eigenvalue weighted by atomic mass is 16.3. The topological polar surface area (TPSA) is 88.4 Å². The van der Waals surface area contributed by atoms with Crippen molar-refractivity contribution in [3.63, 3.8) is 0 Å². The Morgan fingerprint density at radius 1 is 1.36 bits per heavy atom. The summed E-state index contributed by atoms with van der Waals surface area (Å²) < 4.78 is 5.51. The van der Waals surface area contributed by atoms with Crippen molar-refractivity contribution in [2.45, 2.75) is 25.7 Å². The molecule has 6 nitrogen and oxygen atoms in total. The molecule has 6 heteroatoms. The lowest BCUT2D eigenvalue weighted by Gasteiger charge is -2.16. The minimum Gasteiger partial charge on any atom is -0.464 e. The first-order valence-corrected chi connectivity index (χ1v) is 7.17. The van der Waals surface area contributed by atoms with E-state index in [0.29, 0.717) is 36.1 Å². The zero-order valence-electron chi connectivity index (χ0n) is 12.2. The predicted molar refractivity (Wildman–Crippen MR) is 80.8 cm³/mol. The van der Waals surface area contributed by atoms with Crippen LogP contribution in [0, 0.1) is 0 Å². The lowest BCUT2D eigenvalue weighted by Crippen LogP contribution is -2.24. The molecule has 2 aromatic rings. The minimum absolute atomic E-state index is 0.0156. The molecule has 0 spiro atoms. The van der Waals surface area contributed by atoms with Crippen molar-refractivity contribution >= 4 is 34.3 Å². The highest BCUT2D eigenvalue weighted by Crippen LogP contribution is 2.34. The summed E-state index contributed by atoms with van der Waals surface area (Å²) in [4.78, 5) is 35.0. The van der Waals surface area contributed by atoms with E-state index in [9.17, 15) is 14.4 Å². The molecule has 0 saturated heterocycles. The van der Waals surface area contributed by atoms with Gasteiger partial charge in [-0.05, 0) is 30.5 Å². The molecule has 1 aromatic carbocycles. The molecule has 1 aliphatic heterocycles. The zero-order valence-corrected chi connectivity index (χ0v) is 12.2. The van der Waals surface area contributed by atoms with Crippen LogP contribution in [-0.2, 0) is 16.0 Å². The van der Waals surface area contributed by atoms with Crippen LogP contribution in [0.15, 0.2) is 22.8 Å². The molecular formula is C16H16N2O4. The van der Waals surface area contributed by atoms with Gasteiger partial charge in [-0.25, -0.2) is 0 Å². The second-order valence-corrected chi connectivity index (χ2v) is 5.30. The summed E-state index contributed by atoms with van der Waals surface area (Å²) in [7, 11) is 1.60. The van der Waals surface area contributed by atoms with Crippen molar-refractivity contribution in [1.29, 1.82) is 0 Å². The van der Waals surface area contributed by atoms with Crippen molar-refractivity contribution < 1.29 is 18.8 Å². The summed E-state index contributed by atoms with van der Waals surface area (Å²) >= 11 is 0. The van der Waals surface area contributed by atoms with Crippen LogP contribution in [0.3, 0.4) is 0 Å². The van der Waals surface area contributed by atoms with Gasteiger partial charge in [-0.15, -0.1) is 0 Å². The lowest BCUT2D eigenvalue weighted by atomic mass is 9.94. The monoisotopic (exact) mass is 300 g/mol. The van der Waals surface area contributed by atoms with E-state index in [1.54, 1.807) is 25.4 Å². The molecule has 114 valence electrons. The fourth-order valence-corrected chi connectivity index (χ4v) is 2.76. The van der Waals surface area contributed by atoms with Gasteiger partial charge in [0.05, 0.1) is 23.9 Å². The SMILES string of the molecule is CNC(=O)CCCc1coc2ccc3c(c12)C(=O)CC(=O)N3. The molecule has 0 atom stereocenters. The van der Waals surface area contributed by atoms with Gasteiger partial charge >= 0.3 is 0 Å². The zero-order chi connectivity index (χ0) is 15.7. The number of aryl methyl sites for hydroxylation is 1. The van der Waals surface area contributed by atoms with Crippen LogP contribution in [0.2, 0.25) is 0 Å². The lowest BCUT2D eigenvalue weighted by molar-refractivity contribution is -0.120. The largest absolute Gasteiger partial charge is 0.464 e. The van der Waals surface area contributed by atoms with E-state index >= 15 is 0 Å². The number of carbonyl (C=O) groups is 3. The Morgan fingerprint density at radius 2 is 2.18 bits per heavy atom. The van der Waals surface area contributed by atoms with E-state index < -0.39 is 0 Å². The standard InChI is InChI=1S/C16H16N2O4/c1-17-13(20)4-2-3-9-8-22-12-6-5-10-16(15(9)12)11(19)7-14(21)18-10/h5-6,8H,2-4,7H2,1H3,(H,17,20)(H,18,21). The van der Waals surface area contributed by atoms with Crippen LogP contribution in [0.5, 0.6) is 0 Å². The Bertz CT molecular complexity index is 776. The van der Waals surface area contributed by atoms with Gasteiger partial charge in [0.2, 0.25) is 11.8 Å². The summed E-state index contributed by atoms with van der Waals surface area (Å²) in [5.74, 6) is -0.502. The molecule has 0 unspecified atom stereocenters. The van der Waals surface area contributed by atoms with E-state index in [4.69, 9.17) is 4.42 Å². The first-order chi connectivity index (χ1) is 10.6. The second kappa shape index (κ2) is 5.63. The first kappa shape index (κ1) is 14.3. The number of nitrogens with one attached hydrogen (secondary N) is 2. The fourth-order valence-electron chi connectivity index (χ4n) is 2.76. The third-order valence-corrected chi connectivity index (χ3v) is 3.82. The molecule has 0 bridgehead atoms. The van der Waals surface area contributed by atoms with Gasteiger partial charge in [0, 0.05) is 18.9 Å². The van der Waals surface area contributed by atoms with Crippen LogP contribution >= 0.6 is 0 Å². The predicted octanol–water partition coefficient (Wildman–Crippen LogP) is 2.03. The van der Waals surface area contributed by atoms with E-state index in [-0.39, 0.29) is 24.0 Å². The van der Waals surface area contributed by atoms with Crippen LogP contribution in [0.4, 0.5) is 5.69 Å². The first-order valence-electron chi connectivity index (χ1n) is 7.17. The number of anilines is 1. The van der Waals surface area contributed by atoms with Gasteiger partial charge in [-0.1, -0.05) is 0 Å². The van der Waals surface area contributed by atoms with Gasteiger partial charge in [-0.2, -0.15) is 0 Å². The summed E-state index contributed by atoms with van der Waals surface area (Å²) in [6, 6.07) is 3.43. The number of carbonyl (C=O) groups excluding carboxylic acids is 3. The van der Waals surface area contributed by atoms with Crippen molar-refractivity contribution in [1.82, 2.24) is 5.32 Å². The van der Waals surface area contributed by atoms with Crippen molar-refractivity contribution in [2.24, 2.45) is 0 Å². The Balaban J connectivity index is 1.95. The number of hydrogen-bond acceptors (Lipinski definition) is 4. The molecule has 0 radical (unpaired) electrons. The summed E-state index contributed by atoms with van der Waals surface area (Å²) in [5, 5.41) is 6.05. The van der Waals surface area contributed by atoms with E-state index in [2.05, 4.69) is 10.6 Å². The molecule has 2 amide bonds. The average molecular weight is 300 g/mol. The van der Waals surface area contributed by atoms with E-state index in [1.165, 1.54) is 0 Å². The third-order valence-electron chi connectivity index (χ3n) is 3.82. The molecule has 0 aliphatic carbocycles. The number of amides is 2. The molecule has 22 heavy (non-hydrogen) atoms. The maximum atomic E-state index is 12.2. The van der Waals surface area contributed by atoms with E-state index in [0.717, 1.165) is 10.9 Å². The molecule has 2 N–H and O–H groups in total. The number of furan rings is 1. The van der Waals surface area contributed by atoms with Gasteiger partial charge in [0.15, 0.2) is 5.78 Å². The van der Waals surface area contributed by atoms with Gasteiger partial charge in [-0.3, -0.25) is 14.4 Å². The quantitative estimate of drug-likeness (QED) is 0.846. The number of ketones is 1. The Kier molecular flexibility index (Phi) is 3.66. The van der Waals surface area contributed by atoms with Crippen LogP contribution < -0.4 is 10.6 Å². The molecule has 3 rings (SSSR count). The summed E-state index contributed by atoms with van der Waals surface area (Å²) in [6.07, 6.45) is 3.20. The molecule has 0 saturated carbocycles. The number of Topliss-reactive ketones (excluding diaryl/α,β-unsaturated/α-hetero) is 1. The van der Waals surface area contributed by atoms with Crippen molar-refractivity contribution in [3.05, 3.63) is 29.5 Å². The second-order valence-electron chi connectivity index (χ2n) is 5.30. The Morgan fingerprint density at radius 3 is 2.95 bits per heavy atom. The minimum atomic E-state index is -0.290. The summed E-state index contributed by atoms with van der Waals surface area (Å²) in [5.41, 5.74) is 2.56. The maximum Gasteiger partial charge on any atom is 0.232 e. The van der Waals surface area contributed by atoms with Gasteiger partial charge in [0.25, 0.3) is 0 Å². The average Bonchev–Trinajstić information content (AvgIpc) is 2.89. The molecule has 0 fully saturated rings. The van der Waals surface area contributed by atoms with Gasteiger partial charge < -0.3 is 15.1 Å². The maximum absolute atomic E-state index is 12.2. The highest BCUT2D eigenvalue weighted by Gasteiger charge is 2.27.